The average Bonchev–Trinajstić information content (AvgIpc) is 2.74. The molecule has 0 aliphatic carbocycles. The molecule has 3 heterocycles. The van der Waals surface area contributed by atoms with Crippen molar-refractivity contribution in [3.05, 3.63) is 68.8 Å². The Bertz CT molecular complexity index is 1330. The zero-order chi connectivity index (χ0) is 21.3. The van der Waals surface area contributed by atoms with Crippen LogP contribution in [0.3, 0.4) is 0 Å². The fourth-order valence-electron chi connectivity index (χ4n) is 3.13. The summed E-state index contributed by atoms with van der Waals surface area (Å²) < 4.78 is 0. The van der Waals surface area contributed by atoms with E-state index in [1.165, 1.54) is 0 Å². The molecule has 2 N–H and O–H groups in total. The lowest BCUT2D eigenvalue weighted by Gasteiger charge is -2.14. The highest BCUT2D eigenvalue weighted by Crippen LogP contribution is 2.36. The number of rotatable bonds is 5. The van der Waals surface area contributed by atoms with E-state index < -0.39 is 0 Å². The summed E-state index contributed by atoms with van der Waals surface area (Å²) in [7, 11) is 0. The van der Waals surface area contributed by atoms with E-state index in [1.54, 1.807) is 42.9 Å². The van der Waals surface area contributed by atoms with Crippen molar-refractivity contribution >= 4 is 62.1 Å². The van der Waals surface area contributed by atoms with Gasteiger partial charge in [0.05, 0.1) is 32.3 Å². The first-order chi connectivity index (χ1) is 14.5. The van der Waals surface area contributed by atoms with E-state index in [0.717, 1.165) is 5.56 Å². The fourth-order valence-corrected chi connectivity index (χ4v) is 3.71. The second kappa shape index (κ2) is 8.30. The molecule has 0 atom stereocenters. The monoisotopic (exact) mass is 441 g/mol. The molecule has 0 aliphatic rings. The normalized spacial score (nSPS) is 11.8. The smallest absolute Gasteiger partial charge is 0.256 e. The van der Waals surface area contributed by atoms with Crippen LogP contribution in [0.2, 0.25) is 10.0 Å². The van der Waals surface area contributed by atoms with E-state index in [-0.39, 0.29) is 5.56 Å². The van der Waals surface area contributed by atoms with Crippen LogP contribution < -0.4 is 10.9 Å². The van der Waals surface area contributed by atoms with Crippen LogP contribution in [0.4, 0.5) is 11.5 Å². The standard InChI is InChI=1S/C21H17Cl2N5O2/c1-3-30-28-11(2)12-8-15(22)19(16(23)9-12)27-20-13-4-7-25-21(29)18(13)14-10-24-6-5-17(14)26-20/h4-10H,3H2,1-2H3,(H,25,29)(H,26,27). The van der Waals surface area contributed by atoms with Gasteiger partial charge in [0, 0.05) is 34.9 Å². The Balaban J connectivity index is 1.85. The minimum atomic E-state index is -0.230. The largest absolute Gasteiger partial charge is 0.396 e. The quantitative estimate of drug-likeness (QED) is 0.249. The number of nitrogens with one attached hydrogen (secondary N) is 2. The molecule has 152 valence electrons. The second-order valence-electron chi connectivity index (χ2n) is 6.48. The molecular formula is C21H17Cl2N5O2. The lowest BCUT2D eigenvalue weighted by atomic mass is 10.1. The van der Waals surface area contributed by atoms with Gasteiger partial charge in [-0.1, -0.05) is 28.4 Å². The van der Waals surface area contributed by atoms with Crippen LogP contribution in [0.15, 0.2) is 52.8 Å². The van der Waals surface area contributed by atoms with E-state index >= 15 is 0 Å². The summed E-state index contributed by atoms with van der Waals surface area (Å²) in [6.07, 6.45) is 4.82. The van der Waals surface area contributed by atoms with Crippen molar-refractivity contribution in [3.8, 4) is 0 Å². The maximum absolute atomic E-state index is 12.5. The topological polar surface area (TPSA) is 92.3 Å². The number of fused-ring (bicyclic) bond motifs is 3. The molecular weight excluding hydrogens is 425 g/mol. The Labute approximate surface area is 181 Å². The zero-order valence-corrected chi connectivity index (χ0v) is 17.7. The maximum Gasteiger partial charge on any atom is 0.256 e. The van der Waals surface area contributed by atoms with E-state index in [2.05, 4.69) is 25.4 Å². The first kappa shape index (κ1) is 20.1. The van der Waals surface area contributed by atoms with Crippen LogP contribution in [-0.4, -0.2) is 27.3 Å². The number of benzene rings is 1. The van der Waals surface area contributed by atoms with Gasteiger partial charge in [0.1, 0.15) is 12.4 Å². The molecule has 7 nitrogen and oxygen atoms in total. The number of aromatic nitrogens is 3. The van der Waals surface area contributed by atoms with Crippen molar-refractivity contribution in [2.24, 2.45) is 5.16 Å². The highest BCUT2D eigenvalue weighted by Gasteiger charge is 2.15. The molecule has 3 aromatic heterocycles. The summed E-state index contributed by atoms with van der Waals surface area (Å²) in [5, 5.41) is 9.76. The Morgan fingerprint density at radius 1 is 1.23 bits per heavy atom. The van der Waals surface area contributed by atoms with Gasteiger partial charge < -0.3 is 15.1 Å². The van der Waals surface area contributed by atoms with Gasteiger partial charge >= 0.3 is 0 Å². The minimum absolute atomic E-state index is 0.230. The van der Waals surface area contributed by atoms with Crippen LogP contribution >= 0.6 is 23.2 Å². The molecule has 0 unspecified atom stereocenters. The molecule has 0 saturated heterocycles. The van der Waals surface area contributed by atoms with Gasteiger partial charge in [-0.2, -0.15) is 0 Å². The Morgan fingerprint density at radius 3 is 2.73 bits per heavy atom. The SMILES string of the molecule is CCON=C(C)c1cc(Cl)c(Nc2nc3ccncc3c3c(=O)[nH]ccc23)c(Cl)c1. The second-order valence-corrected chi connectivity index (χ2v) is 7.30. The Kier molecular flexibility index (Phi) is 5.57. The van der Waals surface area contributed by atoms with Crippen LogP contribution in [-0.2, 0) is 4.84 Å². The summed E-state index contributed by atoms with van der Waals surface area (Å²) >= 11 is 13.0. The molecule has 0 aliphatic heterocycles. The fraction of sp³-hybridized carbons (Fsp3) is 0.143. The molecule has 9 heteroatoms. The van der Waals surface area contributed by atoms with Gasteiger partial charge in [-0.05, 0) is 38.1 Å². The van der Waals surface area contributed by atoms with Crippen molar-refractivity contribution in [2.75, 3.05) is 11.9 Å². The summed E-state index contributed by atoms with van der Waals surface area (Å²) in [5.41, 5.74) is 2.27. The first-order valence-corrected chi connectivity index (χ1v) is 9.93. The molecule has 1 aromatic carbocycles. The number of anilines is 2. The van der Waals surface area contributed by atoms with E-state index in [0.29, 0.717) is 55.5 Å². The number of aromatic amines is 1. The third-order valence-electron chi connectivity index (χ3n) is 4.55. The summed E-state index contributed by atoms with van der Waals surface area (Å²) in [5.74, 6) is 0.464. The molecule has 0 spiro atoms. The van der Waals surface area contributed by atoms with Crippen molar-refractivity contribution < 1.29 is 4.84 Å². The highest BCUT2D eigenvalue weighted by molar-refractivity contribution is 6.40. The third-order valence-corrected chi connectivity index (χ3v) is 5.15. The minimum Gasteiger partial charge on any atom is -0.396 e. The van der Waals surface area contributed by atoms with Crippen LogP contribution in [0.5, 0.6) is 0 Å². The van der Waals surface area contributed by atoms with Crippen molar-refractivity contribution in [3.63, 3.8) is 0 Å². The highest BCUT2D eigenvalue weighted by atomic mass is 35.5. The van der Waals surface area contributed by atoms with E-state index in [1.807, 2.05) is 13.8 Å². The first-order valence-electron chi connectivity index (χ1n) is 9.17. The summed E-state index contributed by atoms with van der Waals surface area (Å²) in [6, 6.07) is 7.00. The number of halogens is 2. The van der Waals surface area contributed by atoms with E-state index in [4.69, 9.17) is 28.0 Å². The maximum atomic E-state index is 12.5. The van der Waals surface area contributed by atoms with Gasteiger partial charge in [-0.15, -0.1) is 0 Å². The number of nitrogens with zero attached hydrogens (tertiary/aromatic N) is 3. The van der Waals surface area contributed by atoms with Gasteiger partial charge in [0.2, 0.25) is 0 Å². The van der Waals surface area contributed by atoms with Gasteiger partial charge in [-0.25, -0.2) is 4.98 Å². The number of H-pyrrole nitrogens is 1. The molecule has 4 rings (SSSR count). The molecule has 0 saturated carbocycles. The third kappa shape index (κ3) is 3.69. The Morgan fingerprint density at radius 2 is 2.00 bits per heavy atom. The van der Waals surface area contributed by atoms with Crippen LogP contribution in [0.1, 0.15) is 19.4 Å². The van der Waals surface area contributed by atoms with Crippen molar-refractivity contribution in [2.45, 2.75) is 13.8 Å². The number of hydrogen-bond acceptors (Lipinski definition) is 6. The average molecular weight is 442 g/mol. The van der Waals surface area contributed by atoms with Gasteiger partial charge in [-0.3, -0.25) is 9.78 Å². The van der Waals surface area contributed by atoms with Crippen molar-refractivity contribution in [1.29, 1.82) is 0 Å². The van der Waals surface area contributed by atoms with E-state index in [9.17, 15) is 4.79 Å². The lowest BCUT2D eigenvalue weighted by Crippen LogP contribution is -2.08. The molecule has 0 fully saturated rings. The predicted octanol–water partition coefficient (Wildman–Crippen LogP) is 5.28. The molecule has 0 bridgehead atoms. The molecule has 0 amide bonds. The Hall–Kier alpha value is -3.16. The van der Waals surface area contributed by atoms with Crippen LogP contribution in [0, 0.1) is 0 Å². The number of pyridine rings is 3. The number of oxime groups is 1. The van der Waals surface area contributed by atoms with Gasteiger partial charge in [0.15, 0.2) is 0 Å². The van der Waals surface area contributed by atoms with Crippen LogP contribution in [0.25, 0.3) is 21.7 Å². The van der Waals surface area contributed by atoms with Crippen molar-refractivity contribution in [1.82, 2.24) is 15.0 Å². The zero-order valence-electron chi connectivity index (χ0n) is 16.2. The van der Waals surface area contributed by atoms with Gasteiger partial charge in [0.25, 0.3) is 5.56 Å². The summed E-state index contributed by atoms with van der Waals surface area (Å²) in [4.78, 5) is 29.1. The molecule has 4 aromatic rings. The molecule has 0 radical (unpaired) electrons. The predicted molar refractivity (Wildman–Crippen MR) is 121 cm³/mol. The number of hydrogen-bond donors (Lipinski definition) is 2. The summed E-state index contributed by atoms with van der Waals surface area (Å²) in [6.45, 7) is 4.13. The lowest BCUT2D eigenvalue weighted by molar-refractivity contribution is 0.159. The molecule has 30 heavy (non-hydrogen) atoms.